The van der Waals surface area contributed by atoms with Crippen molar-refractivity contribution in [2.45, 2.75) is 26.3 Å². The molecule has 84 valence electrons. The second kappa shape index (κ2) is 4.84. The summed E-state index contributed by atoms with van der Waals surface area (Å²) in [6.45, 7) is 4.28. The summed E-state index contributed by atoms with van der Waals surface area (Å²) in [6.07, 6.45) is 4.72. The normalized spacial score (nSPS) is 12.4. The third-order valence-corrected chi connectivity index (χ3v) is 2.73. The Bertz CT molecular complexity index is 417. The van der Waals surface area contributed by atoms with Crippen LogP contribution in [0.1, 0.15) is 30.5 Å². The lowest BCUT2D eigenvalue weighted by molar-refractivity contribution is 0.749. The van der Waals surface area contributed by atoms with E-state index in [-0.39, 0.29) is 0 Å². The lowest BCUT2D eigenvalue weighted by Gasteiger charge is -2.17. The van der Waals surface area contributed by atoms with Crippen molar-refractivity contribution in [3.8, 4) is 0 Å². The van der Waals surface area contributed by atoms with Crippen molar-refractivity contribution in [1.29, 1.82) is 0 Å². The minimum Gasteiger partial charge on any atom is -0.376 e. The molecule has 0 amide bonds. The number of aromatic amines is 1. The van der Waals surface area contributed by atoms with Gasteiger partial charge in [0.1, 0.15) is 0 Å². The van der Waals surface area contributed by atoms with Gasteiger partial charge in [-0.2, -0.15) is 5.10 Å². The molecular weight excluding hydrogens is 198 g/mol. The average molecular weight is 215 g/mol. The molecule has 0 spiro atoms. The quantitative estimate of drug-likeness (QED) is 0.821. The van der Waals surface area contributed by atoms with Crippen molar-refractivity contribution < 1.29 is 0 Å². The van der Waals surface area contributed by atoms with E-state index in [2.05, 4.69) is 53.6 Å². The first-order chi connectivity index (χ1) is 7.79. The first-order valence-electron chi connectivity index (χ1n) is 5.61. The van der Waals surface area contributed by atoms with Crippen molar-refractivity contribution >= 4 is 5.69 Å². The Morgan fingerprint density at radius 3 is 2.62 bits per heavy atom. The third kappa shape index (κ3) is 2.42. The van der Waals surface area contributed by atoms with Gasteiger partial charge in [-0.1, -0.05) is 36.8 Å². The summed E-state index contributed by atoms with van der Waals surface area (Å²) in [6, 6.07) is 9.00. The van der Waals surface area contributed by atoms with E-state index in [1.54, 1.807) is 6.20 Å². The Morgan fingerprint density at radius 2 is 2.06 bits per heavy atom. The number of benzene rings is 1. The maximum atomic E-state index is 3.93. The molecule has 2 aromatic rings. The Balaban J connectivity index is 2.13. The summed E-state index contributed by atoms with van der Waals surface area (Å²) < 4.78 is 0. The molecule has 0 aliphatic rings. The molecule has 1 atom stereocenters. The lowest BCUT2D eigenvalue weighted by atomic mass is 10.0. The molecule has 16 heavy (non-hydrogen) atoms. The molecular formula is C13H17N3. The van der Waals surface area contributed by atoms with Crippen LogP contribution in [0.5, 0.6) is 0 Å². The molecule has 1 aromatic carbocycles. The average Bonchev–Trinajstić information content (AvgIpc) is 2.80. The number of nitrogens with zero attached hydrogens (tertiary/aromatic N) is 1. The minimum atomic E-state index is 0.346. The molecule has 0 fully saturated rings. The van der Waals surface area contributed by atoms with Crippen molar-refractivity contribution in [2.75, 3.05) is 5.32 Å². The summed E-state index contributed by atoms with van der Waals surface area (Å²) in [7, 11) is 0. The monoisotopic (exact) mass is 215 g/mol. The third-order valence-electron chi connectivity index (χ3n) is 2.73. The van der Waals surface area contributed by atoms with E-state index >= 15 is 0 Å². The lowest BCUT2D eigenvalue weighted by Crippen LogP contribution is -2.08. The fraction of sp³-hybridized carbons (Fsp3) is 0.308. The summed E-state index contributed by atoms with van der Waals surface area (Å²) in [5.74, 6) is 0. The number of rotatable bonds is 4. The second-order valence-electron chi connectivity index (χ2n) is 4.00. The van der Waals surface area contributed by atoms with Gasteiger partial charge >= 0.3 is 0 Å². The number of aromatic nitrogens is 2. The highest BCUT2D eigenvalue weighted by Crippen LogP contribution is 2.21. The Labute approximate surface area is 95.9 Å². The van der Waals surface area contributed by atoms with E-state index in [4.69, 9.17) is 0 Å². The molecule has 3 heteroatoms. The number of hydrogen-bond donors (Lipinski definition) is 2. The van der Waals surface area contributed by atoms with Crippen LogP contribution in [-0.2, 0) is 0 Å². The zero-order chi connectivity index (χ0) is 11.4. The van der Waals surface area contributed by atoms with Crippen molar-refractivity contribution in [2.24, 2.45) is 0 Å². The topological polar surface area (TPSA) is 40.7 Å². The largest absolute Gasteiger partial charge is 0.376 e. The molecule has 2 rings (SSSR count). The molecule has 1 heterocycles. The second-order valence-corrected chi connectivity index (χ2v) is 4.00. The summed E-state index contributed by atoms with van der Waals surface area (Å²) in [5.41, 5.74) is 3.64. The molecule has 0 radical (unpaired) electrons. The number of aryl methyl sites for hydroxylation is 1. The summed E-state index contributed by atoms with van der Waals surface area (Å²) >= 11 is 0. The summed E-state index contributed by atoms with van der Waals surface area (Å²) in [4.78, 5) is 0. The molecule has 3 nitrogen and oxygen atoms in total. The van der Waals surface area contributed by atoms with Gasteiger partial charge in [-0.05, 0) is 18.9 Å². The van der Waals surface area contributed by atoms with Crippen molar-refractivity contribution in [3.05, 3.63) is 47.8 Å². The van der Waals surface area contributed by atoms with Crippen LogP contribution in [0.4, 0.5) is 5.69 Å². The Kier molecular flexibility index (Phi) is 3.25. The minimum absolute atomic E-state index is 0.346. The van der Waals surface area contributed by atoms with Crippen LogP contribution in [0.2, 0.25) is 0 Å². The fourth-order valence-corrected chi connectivity index (χ4v) is 1.75. The Hall–Kier alpha value is -1.77. The summed E-state index contributed by atoms with van der Waals surface area (Å²) in [5, 5.41) is 10.2. The van der Waals surface area contributed by atoms with Gasteiger partial charge in [-0.15, -0.1) is 0 Å². The van der Waals surface area contributed by atoms with Gasteiger partial charge in [-0.3, -0.25) is 5.10 Å². The van der Waals surface area contributed by atoms with Crippen molar-refractivity contribution in [1.82, 2.24) is 10.2 Å². The van der Waals surface area contributed by atoms with Gasteiger partial charge in [0.15, 0.2) is 0 Å². The molecule has 0 saturated heterocycles. The maximum Gasteiger partial charge on any atom is 0.0728 e. The van der Waals surface area contributed by atoms with Crippen LogP contribution in [0.25, 0.3) is 0 Å². The van der Waals surface area contributed by atoms with Gasteiger partial charge in [0, 0.05) is 6.20 Å². The van der Waals surface area contributed by atoms with Crippen LogP contribution in [0, 0.1) is 6.92 Å². The zero-order valence-electron chi connectivity index (χ0n) is 9.70. The number of nitrogens with one attached hydrogen (secondary N) is 2. The van der Waals surface area contributed by atoms with E-state index in [0.29, 0.717) is 6.04 Å². The Morgan fingerprint density at radius 1 is 1.31 bits per heavy atom. The molecule has 0 saturated carbocycles. The van der Waals surface area contributed by atoms with Crippen molar-refractivity contribution in [3.63, 3.8) is 0 Å². The van der Waals surface area contributed by atoms with E-state index in [9.17, 15) is 0 Å². The van der Waals surface area contributed by atoms with Gasteiger partial charge in [0.25, 0.3) is 0 Å². The number of anilines is 1. The van der Waals surface area contributed by atoms with Crippen LogP contribution < -0.4 is 5.32 Å². The number of hydrogen-bond acceptors (Lipinski definition) is 2. The highest BCUT2D eigenvalue weighted by atomic mass is 15.1. The highest BCUT2D eigenvalue weighted by Gasteiger charge is 2.08. The molecule has 0 aliphatic heterocycles. The van der Waals surface area contributed by atoms with Crippen LogP contribution >= 0.6 is 0 Å². The highest BCUT2D eigenvalue weighted by molar-refractivity contribution is 5.41. The maximum absolute atomic E-state index is 3.93. The van der Waals surface area contributed by atoms with Crippen LogP contribution in [0.3, 0.4) is 0 Å². The predicted molar refractivity (Wildman–Crippen MR) is 66.4 cm³/mol. The molecule has 2 N–H and O–H groups in total. The smallest absolute Gasteiger partial charge is 0.0728 e. The molecule has 0 aliphatic carbocycles. The predicted octanol–water partition coefficient (Wildman–Crippen LogP) is 3.28. The van der Waals surface area contributed by atoms with E-state index in [1.807, 2.05) is 6.20 Å². The molecule has 1 aromatic heterocycles. The van der Waals surface area contributed by atoms with E-state index < -0.39 is 0 Å². The van der Waals surface area contributed by atoms with Crippen LogP contribution in [-0.4, -0.2) is 10.2 Å². The van der Waals surface area contributed by atoms with Gasteiger partial charge in [0.2, 0.25) is 0 Å². The fourth-order valence-electron chi connectivity index (χ4n) is 1.75. The first-order valence-corrected chi connectivity index (χ1v) is 5.61. The first kappa shape index (κ1) is 10.7. The number of H-pyrrole nitrogens is 1. The molecule has 0 bridgehead atoms. The standard InChI is InChI=1S/C13H17N3/c1-3-13(16-12-8-14-15-9-12)11-6-4-10(2)5-7-11/h4-9,13,16H,3H2,1-2H3,(H,14,15). The van der Waals surface area contributed by atoms with Gasteiger partial charge < -0.3 is 5.32 Å². The van der Waals surface area contributed by atoms with E-state index in [1.165, 1.54) is 11.1 Å². The van der Waals surface area contributed by atoms with Gasteiger partial charge in [-0.25, -0.2) is 0 Å². The molecule has 1 unspecified atom stereocenters. The van der Waals surface area contributed by atoms with Crippen LogP contribution in [0.15, 0.2) is 36.7 Å². The zero-order valence-corrected chi connectivity index (χ0v) is 9.70. The van der Waals surface area contributed by atoms with Gasteiger partial charge in [0.05, 0.1) is 17.9 Å². The SMILES string of the molecule is CCC(Nc1cn[nH]c1)c1ccc(C)cc1. The van der Waals surface area contributed by atoms with E-state index in [0.717, 1.165) is 12.1 Å².